The predicted molar refractivity (Wildman–Crippen MR) is 347 cm³/mol. The molecule has 6 aliphatic rings. The maximum Gasteiger partial charge on any atom is 0.443 e. The first kappa shape index (κ1) is 64.9. The smallest absolute Gasteiger partial charge is 0.391 e. The largest absolute Gasteiger partial charge is 0.443 e. The molecule has 0 amide bonds. The lowest BCUT2D eigenvalue weighted by molar-refractivity contribution is -0.137. The van der Waals surface area contributed by atoms with Crippen LogP contribution in [0.15, 0.2) is 102 Å². The van der Waals surface area contributed by atoms with E-state index in [9.17, 15) is 42.9 Å². The molecule has 0 saturated carbocycles. The minimum absolute atomic E-state index is 0.0257. The number of carbonyl (C=O) groups is 3. The number of nitriles is 3. The number of alkyl halides is 3. The Kier molecular flexibility index (Phi) is 18.1. The molecule has 5 unspecified atom stereocenters. The molecular formula is C71H72F3N11O6S2. The van der Waals surface area contributed by atoms with E-state index in [1.165, 1.54) is 5.38 Å². The number of fused-ring (bicyclic) bond motifs is 6. The molecule has 8 aromatic rings. The summed E-state index contributed by atoms with van der Waals surface area (Å²) in [6.07, 6.45) is 3.64. The minimum Gasteiger partial charge on any atom is -0.391 e. The molecule has 0 spiro atoms. The van der Waals surface area contributed by atoms with Crippen molar-refractivity contribution in [1.29, 1.82) is 15.8 Å². The lowest BCUT2D eigenvalue weighted by Crippen LogP contribution is -2.51. The molecule has 7 atom stereocenters. The van der Waals surface area contributed by atoms with Gasteiger partial charge in [-0.1, -0.05) is 0 Å². The third-order valence-corrected chi connectivity index (χ3v) is 22.0. The van der Waals surface area contributed by atoms with Crippen LogP contribution >= 0.6 is 22.7 Å². The van der Waals surface area contributed by atoms with E-state index >= 15 is 0 Å². The summed E-state index contributed by atoms with van der Waals surface area (Å²) >= 11 is 2.09. The number of aromatic nitrogens is 5. The van der Waals surface area contributed by atoms with Crippen LogP contribution in [0.25, 0.3) is 39.8 Å². The number of thiazole rings is 2. The quantitative estimate of drug-likeness (QED) is 0.0810. The normalized spacial score (nSPS) is 23.3. The maximum absolute atomic E-state index is 13.4. The van der Waals surface area contributed by atoms with E-state index < -0.39 is 23.4 Å². The van der Waals surface area contributed by atoms with Crippen molar-refractivity contribution in [1.82, 2.24) is 38.4 Å². The molecule has 6 saturated heterocycles. The van der Waals surface area contributed by atoms with Crippen LogP contribution in [0.5, 0.6) is 0 Å². The zero-order valence-electron chi connectivity index (χ0n) is 52.6. The number of hydrogen-bond acceptors (Lipinski definition) is 16. The molecule has 0 aliphatic carbocycles. The molecular weight excluding hydrogens is 1220 g/mol. The fraction of sp³-hybridized carbons (Fsp3) is 0.408. The van der Waals surface area contributed by atoms with Gasteiger partial charge in [0.15, 0.2) is 22.4 Å². The number of benzene rings is 3. The van der Waals surface area contributed by atoms with Crippen LogP contribution in [0.3, 0.4) is 0 Å². The molecule has 17 nitrogen and oxygen atoms in total. The van der Waals surface area contributed by atoms with E-state index in [0.29, 0.717) is 87.8 Å². The first-order chi connectivity index (χ1) is 44.5. The van der Waals surface area contributed by atoms with Gasteiger partial charge in [0.05, 0.1) is 101 Å². The molecule has 93 heavy (non-hydrogen) atoms. The van der Waals surface area contributed by atoms with Crippen LogP contribution in [0, 0.1) is 68.6 Å². The number of Topliss-reactive ketones (excluding diaryl/α,β-unsaturated/α-hetero) is 3. The molecule has 14 rings (SSSR count). The molecule has 3 N–H and O–H groups in total. The third kappa shape index (κ3) is 12.3. The molecule has 3 aromatic carbocycles. The number of aryl methyl sites for hydroxylation is 2. The summed E-state index contributed by atoms with van der Waals surface area (Å²) in [5, 5.41) is 61.4. The van der Waals surface area contributed by atoms with Gasteiger partial charge in [0, 0.05) is 103 Å². The van der Waals surface area contributed by atoms with Gasteiger partial charge in [-0.2, -0.15) is 29.0 Å². The van der Waals surface area contributed by atoms with Crippen molar-refractivity contribution in [3.63, 3.8) is 0 Å². The average molecular weight is 1300 g/mol. The molecule has 6 fully saturated rings. The van der Waals surface area contributed by atoms with Gasteiger partial charge in [0.1, 0.15) is 0 Å². The van der Waals surface area contributed by atoms with E-state index in [4.69, 9.17) is 15.8 Å². The number of ketones is 3. The van der Waals surface area contributed by atoms with Crippen molar-refractivity contribution in [2.45, 2.75) is 166 Å². The zero-order valence-corrected chi connectivity index (χ0v) is 54.2. The lowest BCUT2D eigenvalue weighted by atomic mass is 9.83. The molecule has 6 bridgehead atoms. The van der Waals surface area contributed by atoms with E-state index in [1.54, 1.807) is 77.4 Å². The number of aliphatic hydroxyl groups excluding tert-OH is 3. The van der Waals surface area contributed by atoms with Gasteiger partial charge in [-0.05, 0) is 197 Å². The number of aliphatic hydroxyl groups is 3. The molecule has 22 heteroatoms. The maximum atomic E-state index is 13.4. The minimum atomic E-state index is -4.56. The summed E-state index contributed by atoms with van der Waals surface area (Å²) in [5.74, 6) is 0.0411. The molecule has 0 radical (unpaired) electrons. The highest BCUT2D eigenvalue weighted by atomic mass is 32.1. The molecule has 11 heterocycles. The van der Waals surface area contributed by atoms with Crippen LogP contribution in [-0.4, -0.2) is 145 Å². The van der Waals surface area contributed by atoms with Gasteiger partial charge in [-0.3, -0.25) is 29.1 Å². The van der Waals surface area contributed by atoms with Gasteiger partial charge < -0.3 is 29.0 Å². The second-order valence-electron chi connectivity index (χ2n) is 25.6. The Labute approximate surface area is 545 Å². The molecule has 5 aromatic heterocycles. The van der Waals surface area contributed by atoms with Crippen LogP contribution < -0.4 is 0 Å². The van der Waals surface area contributed by atoms with Crippen LogP contribution in [0.1, 0.15) is 152 Å². The highest BCUT2D eigenvalue weighted by Crippen LogP contribution is 2.49. The second kappa shape index (κ2) is 25.9. The van der Waals surface area contributed by atoms with Gasteiger partial charge in [-0.25, -0.2) is 9.97 Å². The Bertz CT molecular complexity index is 4280. The Hall–Kier alpha value is -8.21. The van der Waals surface area contributed by atoms with E-state index in [-0.39, 0.29) is 59.4 Å². The van der Waals surface area contributed by atoms with Crippen molar-refractivity contribution < 1.29 is 42.9 Å². The highest BCUT2D eigenvalue weighted by Gasteiger charge is 2.55. The summed E-state index contributed by atoms with van der Waals surface area (Å²) in [6.45, 7) is 12.4. The standard InChI is InChI=1S/C24H21F3N4O2S.C24H24N4O2S.C23H27N3O2/c1-13-17(22(33)11-30-16-6-7-19(30)21(32)8-16)9-20(18-12-34-23(29-18)24(25,26)27)31(13)15-4-2-14(10-28)3-5-15;1-14-19(24(30)12-27-18-7-8-21(27)23(29)9-18)10-22(20-13-31-15(2)26-20)28(14)17-5-3-16(11-25)4-6-17;1-15-12-21(16(2)26(15)20-6-4-18(13-24)5-7-20)22(28)14-25-19-8-10-23(25,11-9-19)17(3)27/h2-5,9,12,16,19,21,32H,6-8,11H2,1H3;3-6,10,13,18,21,23,29H,7-9,12H2,1-2H3;4-7,12,17,19,27H,8-11,14H2,1-3H3/t16?,19?,21-;18?,21?,23-;/m00./s1. The third-order valence-electron chi connectivity index (χ3n) is 20.4. The van der Waals surface area contributed by atoms with Crippen molar-refractivity contribution in [2.24, 2.45) is 0 Å². The summed E-state index contributed by atoms with van der Waals surface area (Å²) < 4.78 is 45.4. The monoisotopic (exact) mass is 1300 g/mol. The van der Waals surface area contributed by atoms with E-state index in [0.717, 1.165) is 108 Å². The predicted octanol–water partition coefficient (Wildman–Crippen LogP) is 12.0. The van der Waals surface area contributed by atoms with Crippen molar-refractivity contribution >= 4 is 40.0 Å². The fourth-order valence-electron chi connectivity index (χ4n) is 15.7. The lowest BCUT2D eigenvalue weighted by Gasteiger charge is -2.37. The van der Waals surface area contributed by atoms with Crippen molar-refractivity contribution in [3.8, 4) is 58.0 Å². The summed E-state index contributed by atoms with van der Waals surface area (Å²) in [7, 11) is 0. The fourth-order valence-corrected chi connectivity index (χ4v) is 17.0. The van der Waals surface area contributed by atoms with Gasteiger partial charge in [0.25, 0.3) is 0 Å². The number of halogens is 3. The Balaban J connectivity index is 0.000000135. The van der Waals surface area contributed by atoms with Gasteiger partial charge in [-0.15, -0.1) is 22.7 Å². The van der Waals surface area contributed by atoms with Gasteiger partial charge in [0.2, 0.25) is 0 Å². The second-order valence-corrected chi connectivity index (χ2v) is 27.5. The number of carbonyl (C=O) groups excluding carboxylic acids is 3. The SMILES string of the molecule is Cc1c(C(=O)CN2C3CCC2[C@@H](O)C3)cc(-c2csc(C(F)(F)F)n2)n1-c1ccc(C#N)cc1.Cc1cc(C(=O)CN2C3CCC2(C(C)O)CC3)c(C)n1-c1ccc(C#N)cc1.Cc1nc(-c2cc(C(=O)CN3C4CCC3[C@@H](O)C4)c(C)n2-c2ccc(C#N)cc2)cs1. The number of nitrogens with zero attached hydrogens (tertiary/aromatic N) is 11. The first-order valence-corrected chi connectivity index (χ1v) is 33.3. The Morgan fingerprint density at radius 2 is 0.989 bits per heavy atom. The first-order valence-electron chi connectivity index (χ1n) is 31.5. The Morgan fingerprint density at radius 1 is 0.581 bits per heavy atom. The van der Waals surface area contributed by atoms with Crippen molar-refractivity contribution in [3.05, 3.63) is 168 Å². The van der Waals surface area contributed by atoms with Crippen LogP contribution in [0.4, 0.5) is 13.2 Å². The number of hydrogen-bond donors (Lipinski definition) is 3. The van der Waals surface area contributed by atoms with Crippen molar-refractivity contribution in [2.75, 3.05) is 19.6 Å². The number of rotatable bonds is 15. The van der Waals surface area contributed by atoms with Crippen LogP contribution in [-0.2, 0) is 6.18 Å². The summed E-state index contributed by atoms with van der Waals surface area (Å²) in [4.78, 5) is 54.9. The zero-order chi connectivity index (χ0) is 65.9. The van der Waals surface area contributed by atoms with Gasteiger partial charge >= 0.3 is 6.18 Å². The van der Waals surface area contributed by atoms with E-state index in [1.807, 2.05) is 82.5 Å². The molecule has 480 valence electrons. The highest BCUT2D eigenvalue weighted by molar-refractivity contribution is 7.10. The Morgan fingerprint density at radius 3 is 1.37 bits per heavy atom. The molecule has 6 aliphatic heterocycles. The van der Waals surface area contributed by atoms with E-state index in [2.05, 4.69) is 45.9 Å². The topological polar surface area (TPSA) is 234 Å². The van der Waals surface area contributed by atoms with Crippen LogP contribution in [0.2, 0.25) is 0 Å². The summed E-state index contributed by atoms with van der Waals surface area (Å²) in [6, 6.07) is 34.2. The average Bonchev–Trinajstić information content (AvgIpc) is 1.62. The summed E-state index contributed by atoms with van der Waals surface area (Å²) in [5.41, 5.74) is 11.3.